The molecule has 0 saturated heterocycles. The molecule has 2 aliphatic rings. The van der Waals surface area contributed by atoms with Crippen LogP contribution in [0.3, 0.4) is 0 Å². The van der Waals surface area contributed by atoms with E-state index in [1.165, 1.54) is 12.1 Å². The highest BCUT2D eigenvalue weighted by molar-refractivity contribution is 6.01. The van der Waals surface area contributed by atoms with Crippen molar-refractivity contribution < 1.29 is 23.5 Å². The third-order valence-electron chi connectivity index (χ3n) is 4.52. The van der Waals surface area contributed by atoms with Crippen LogP contribution >= 0.6 is 0 Å². The molecule has 2 N–H and O–H groups in total. The van der Waals surface area contributed by atoms with E-state index < -0.39 is 11.7 Å². The van der Waals surface area contributed by atoms with Gasteiger partial charge in [0.2, 0.25) is 18.6 Å². The molecule has 0 aromatic heterocycles. The maximum atomic E-state index is 13.4. The number of halogens is 1. The molecule has 2 aliphatic heterocycles. The van der Waals surface area contributed by atoms with Gasteiger partial charge in [0.15, 0.2) is 11.5 Å². The Labute approximate surface area is 149 Å². The van der Waals surface area contributed by atoms with Crippen molar-refractivity contribution in [3.8, 4) is 11.5 Å². The van der Waals surface area contributed by atoms with Crippen molar-refractivity contribution in [3.05, 3.63) is 53.3 Å². The van der Waals surface area contributed by atoms with Crippen LogP contribution in [0.4, 0.5) is 10.1 Å². The van der Waals surface area contributed by atoms with E-state index in [1.54, 1.807) is 6.07 Å². The second-order valence-corrected chi connectivity index (χ2v) is 6.27. The van der Waals surface area contributed by atoms with Crippen LogP contribution in [0.15, 0.2) is 36.4 Å². The third kappa shape index (κ3) is 3.20. The number of hydrogen-bond acceptors (Lipinski definition) is 4. The summed E-state index contributed by atoms with van der Waals surface area (Å²) < 4.78 is 24.0. The minimum Gasteiger partial charge on any atom is -0.454 e. The SMILES string of the molecule is O=C1C[C@H](C(=O)NCCc2ccc3c(c2)OCO3)c2ccc(F)cc2N1. The van der Waals surface area contributed by atoms with E-state index in [0.717, 1.165) is 11.3 Å². The summed E-state index contributed by atoms with van der Waals surface area (Å²) in [4.78, 5) is 24.4. The molecule has 2 heterocycles. The van der Waals surface area contributed by atoms with Crippen LogP contribution in [0.1, 0.15) is 23.5 Å². The molecule has 2 aromatic carbocycles. The maximum absolute atomic E-state index is 13.4. The smallest absolute Gasteiger partial charge is 0.231 e. The molecule has 2 aromatic rings. The molecule has 26 heavy (non-hydrogen) atoms. The van der Waals surface area contributed by atoms with E-state index in [-0.39, 0.29) is 25.0 Å². The number of carbonyl (C=O) groups is 2. The first-order valence-corrected chi connectivity index (χ1v) is 8.36. The topological polar surface area (TPSA) is 76.7 Å². The fourth-order valence-corrected chi connectivity index (χ4v) is 3.22. The molecule has 1 atom stereocenters. The number of rotatable bonds is 4. The summed E-state index contributed by atoms with van der Waals surface area (Å²) in [5, 5.41) is 5.47. The van der Waals surface area contributed by atoms with E-state index >= 15 is 0 Å². The molecule has 0 radical (unpaired) electrons. The van der Waals surface area contributed by atoms with Gasteiger partial charge in [-0.05, 0) is 41.8 Å². The van der Waals surface area contributed by atoms with Crippen LogP contribution in [-0.2, 0) is 16.0 Å². The maximum Gasteiger partial charge on any atom is 0.231 e. The summed E-state index contributed by atoms with van der Waals surface area (Å²) in [6, 6.07) is 9.73. The predicted octanol–water partition coefficient (Wildman–Crippen LogP) is 2.34. The fraction of sp³-hybridized carbons (Fsp3) is 0.263. The van der Waals surface area contributed by atoms with Gasteiger partial charge < -0.3 is 20.1 Å². The zero-order valence-electron chi connectivity index (χ0n) is 13.9. The van der Waals surface area contributed by atoms with Gasteiger partial charge in [-0.3, -0.25) is 9.59 Å². The quantitative estimate of drug-likeness (QED) is 0.882. The number of benzene rings is 2. The van der Waals surface area contributed by atoms with Crippen molar-refractivity contribution in [1.82, 2.24) is 5.32 Å². The number of carbonyl (C=O) groups excluding carboxylic acids is 2. The van der Waals surface area contributed by atoms with Gasteiger partial charge >= 0.3 is 0 Å². The van der Waals surface area contributed by atoms with Crippen molar-refractivity contribution in [3.63, 3.8) is 0 Å². The molecule has 4 rings (SSSR count). The molecule has 2 amide bonds. The average Bonchev–Trinajstić information content (AvgIpc) is 3.08. The molecule has 0 aliphatic carbocycles. The van der Waals surface area contributed by atoms with Gasteiger partial charge in [0, 0.05) is 18.7 Å². The first-order chi connectivity index (χ1) is 12.6. The lowest BCUT2D eigenvalue weighted by molar-refractivity contribution is -0.126. The van der Waals surface area contributed by atoms with Crippen LogP contribution in [-0.4, -0.2) is 25.2 Å². The molecular formula is C19H17FN2O4. The minimum atomic E-state index is -0.615. The second kappa shape index (κ2) is 6.67. The standard InChI is InChI=1S/C19H17FN2O4/c20-12-2-3-13-14(9-18(23)22-15(13)8-12)19(24)21-6-5-11-1-4-16-17(7-11)26-10-25-16/h1-4,7-8,14H,5-6,9-10H2,(H,21,24)(H,22,23)/t14-/m0/s1. The largest absolute Gasteiger partial charge is 0.454 e. The predicted molar refractivity (Wildman–Crippen MR) is 91.7 cm³/mol. The third-order valence-corrected chi connectivity index (χ3v) is 4.52. The number of anilines is 1. The Morgan fingerprint density at radius 2 is 2.04 bits per heavy atom. The van der Waals surface area contributed by atoms with Gasteiger partial charge in [0.1, 0.15) is 5.82 Å². The van der Waals surface area contributed by atoms with Crippen molar-refractivity contribution in [2.75, 3.05) is 18.7 Å². The second-order valence-electron chi connectivity index (χ2n) is 6.27. The lowest BCUT2D eigenvalue weighted by Gasteiger charge is -2.24. The Morgan fingerprint density at radius 3 is 2.92 bits per heavy atom. The Morgan fingerprint density at radius 1 is 1.19 bits per heavy atom. The molecule has 0 bridgehead atoms. The molecule has 0 saturated carbocycles. The van der Waals surface area contributed by atoms with Gasteiger partial charge in [-0.2, -0.15) is 0 Å². The molecule has 7 heteroatoms. The van der Waals surface area contributed by atoms with Crippen LogP contribution in [0.5, 0.6) is 11.5 Å². The fourth-order valence-electron chi connectivity index (χ4n) is 3.22. The Balaban J connectivity index is 1.40. The molecule has 0 fully saturated rings. The van der Waals surface area contributed by atoms with E-state index in [1.807, 2.05) is 18.2 Å². The molecule has 0 spiro atoms. The molecule has 134 valence electrons. The number of nitrogens with one attached hydrogen (secondary N) is 2. The number of fused-ring (bicyclic) bond motifs is 2. The Hall–Kier alpha value is -3.09. The molecule has 0 unspecified atom stereocenters. The Kier molecular flexibility index (Phi) is 4.20. The summed E-state index contributed by atoms with van der Waals surface area (Å²) in [5.41, 5.74) is 2.00. The number of hydrogen-bond donors (Lipinski definition) is 2. The summed E-state index contributed by atoms with van der Waals surface area (Å²) in [6.07, 6.45) is 0.673. The summed E-state index contributed by atoms with van der Waals surface area (Å²) >= 11 is 0. The van der Waals surface area contributed by atoms with E-state index in [4.69, 9.17) is 9.47 Å². The average molecular weight is 356 g/mol. The van der Waals surface area contributed by atoms with Crippen molar-refractivity contribution in [1.29, 1.82) is 0 Å². The van der Waals surface area contributed by atoms with Gasteiger partial charge in [0.05, 0.1) is 5.92 Å². The summed E-state index contributed by atoms with van der Waals surface area (Å²) in [5.74, 6) is -0.180. The molecular weight excluding hydrogens is 339 g/mol. The number of amides is 2. The molecule has 6 nitrogen and oxygen atoms in total. The highest BCUT2D eigenvalue weighted by Gasteiger charge is 2.30. The van der Waals surface area contributed by atoms with Crippen LogP contribution in [0.25, 0.3) is 0 Å². The van der Waals surface area contributed by atoms with Gasteiger partial charge in [-0.15, -0.1) is 0 Å². The van der Waals surface area contributed by atoms with Crippen LogP contribution < -0.4 is 20.1 Å². The highest BCUT2D eigenvalue weighted by Crippen LogP contribution is 2.33. The van der Waals surface area contributed by atoms with Crippen LogP contribution in [0, 0.1) is 5.82 Å². The summed E-state index contributed by atoms with van der Waals surface area (Å²) in [7, 11) is 0. The van der Waals surface area contributed by atoms with Crippen molar-refractivity contribution in [2.24, 2.45) is 0 Å². The van der Waals surface area contributed by atoms with Gasteiger partial charge in [-0.25, -0.2) is 4.39 Å². The van der Waals surface area contributed by atoms with Crippen molar-refractivity contribution >= 4 is 17.5 Å². The summed E-state index contributed by atoms with van der Waals surface area (Å²) in [6.45, 7) is 0.645. The van der Waals surface area contributed by atoms with Gasteiger partial charge in [0.25, 0.3) is 0 Å². The first kappa shape index (κ1) is 16.4. The highest BCUT2D eigenvalue weighted by atomic mass is 19.1. The van der Waals surface area contributed by atoms with Crippen LogP contribution in [0.2, 0.25) is 0 Å². The lowest BCUT2D eigenvalue weighted by Crippen LogP contribution is -2.36. The van der Waals surface area contributed by atoms with E-state index in [9.17, 15) is 14.0 Å². The monoisotopic (exact) mass is 356 g/mol. The number of ether oxygens (including phenoxy) is 2. The Bertz CT molecular complexity index is 884. The zero-order chi connectivity index (χ0) is 18.1. The minimum absolute atomic E-state index is 0.0501. The first-order valence-electron chi connectivity index (χ1n) is 8.36. The van der Waals surface area contributed by atoms with E-state index in [2.05, 4.69) is 10.6 Å². The van der Waals surface area contributed by atoms with Crippen molar-refractivity contribution in [2.45, 2.75) is 18.8 Å². The zero-order valence-corrected chi connectivity index (χ0v) is 13.9. The van der Waals surface area contributed by atoms with E-state index in [0.29, 0.717) is 30.0 Å². The lowest BCUT2D eigenvalue weighted by atomic mass is 9.89. The van der Waals surface area contributed by atoms with Gasteiger partial charge in [-0.1, -0.05) is 12.1 Å². The normalized spacial score (nSPS) is 17.4.